The van der Waals surface area contributed by atoms with Crippen LogP contribution < -0.4 is 10.2 Å². The van der Waals surface area contributed by atoms with Crippen LogP contribution in [0.2, 0.25) is 0 Å². The summed E-state index contributed by atoms with van der Waals surface area (Å²) >= 11 is 1.47. The van der Waals surface area contributed by atoms with E-state index in [0.29, 0.717) is 12.1 Å². The molecule has 1 amide bonds. The van der Waals surface area contributed by atoms with Gasteiger partial charge in [-0.25, -0.2) is 9.97 Å². The fourth-order valence-electron chi connectivity index (χ4n) is 2.66. The number of hydrogen-bond donors (Lipinski definition) is 1. The summed E-state index contributed by atoms with van der Waals surface area (Å²) in [6.07, 6.45) is 7.93. The van der Waals surface area contributed by atoms with Gasteiger partial charge in [0.15, 0.2) is 0 Å². The van der Waals surface area contributed by atoms with Crippen LogP contribution >= 0.6 is 11.8 Å². The van der Waals surface area contributed by atoms with E-state index in [1.807, 2.05) is 24.6 Å². The van der Waals surface area contributed by atoms with Gasteiger partial charge in [-0.05, 0) is 42.9 Å². The van der Waals surface area contributed by atoms with Crippen molar-refractivity contribution in [3.05, 3.63) is 47.8 Å². The van der Waals surface area contributed by atoms with E-state index in [0.717, 1.165) is 29.5 Å². The molecule has 0 radical (unpaired) electrons. The van der Waals surface area contributed by atoms with E-state index >= 15 is 0 Å². The fraction of sp³-hybridized carbons (Fsp3) is 0.353. The maximum absolute atomic E-state index is 12.3. The Morgan fingerprint density at radius 3 is 2.78 bits per heavy atom. The van der Waals surface area contributed by atoms with Gasteiger partial charge in [0.1, 0.15) is 10.8 Å². The molecule has 0 bridgehead atoms. The Balaban J connectivity index is 1.60. The van der Waals surface area contributed by atoms with Crippen molar-refractivity contribution >= 4 is 23.5 Å². The summed E-state index contributed by atoms with van der Waals surface area (Å²) in [5.41, 5.74) is 1.61. The van der Waals surface area contributed by atoms with Crippen molar-refractivity contribution < 1.29 is 4.79 Å². The molecular formula is C17H20N4OS. The molecule has 1 N–H and O–H groups in total. The first-order chi connectivity index (χ1) is 11.3. The largest absolute Gasteiger partial charge is 0.357 e. The van der Waals surface area contributed by atoms with Gasteiger partial charge in [0, 0.05) is 32.0 Å². The number of aromatic nitrogens is 2. The zero-order valence-corrected chi connectivity index (χ0v) is 14.0. The lowest BCUT2D eigenvalue weighted by atomic mass is 10.2. The SMILES string of the molecule is CSc1ncccc1C(=O)NCc1ccc(N2CCCC2)nc1. The highest BCUT2D eigenvalue weighted by Gasteiger charge is 2.14. The lowest BCUT2D eigenvalue weighted by molar-refractivity contribution is 0.0947. The quantitative estimate of drug-likeness (QED) is 0.855. The molecule has 3 rings (SSSR count). The van der Waals surface area contributed by atoms with E-state index in [1.54, 1.807) is 18.3 Å². The number of hydrogen-bond acceptors (Lipinski definition) is 5. The van der Waals surface area contributed by atoms with E-state index < -0.39 is 0 Å². The average molecular weight is 328 g/mol. The van der Waals surface area contributed by atoms with Crippen LogP contribution in [0.1, 0.15) is 28.8 Å². The average Bonchev–Trinajstić information content (AvgIpc) is 3.14. The smallest absolute Gasteiger partial charge is 0.254 e. The molecule has 1 aliphatic rings. The number of pyridine rings is 2. The predicted molar refractivity (Wildman–Crippen MR) is 92.9 cm³/mol. The van der Waals surface area contributed by atoms with Crippen molar-refractivity contribution in [1.82, 2.24) is 15.3 Å². The number of rotatable bonds is 5. The third-order valence-electron chi connectivity index (χ3n) is 3.90. The Bertz CT molecular complexity index is 669. The number of carbonyl (C=O) groups excluding carboxylic acids is 1. The molecule has 6 heteroatoms. The first kappa shape index (κ1) is 15.8. The minimum atomic E-state index is -0.105. The molecule has 0 unspecified atom stereocenters. The summed E-state index contributed by atoms with van der Waals surface area (Å²) in [7, 11) is 0. The third kappa shape index (κ3) is 3.82. The highest BCUT2D eigenvalue weighted by molar-refractivity contribution is 7.98. The number of thioether (sulfide) groups is 1. The monoisotopic (exact) mass is 328 g/mol. The molecule has 1 saturated heterocycles. The van der Waals surface area contributed by atoms with Crippen LogP contribution in [0.25, 0.3) is 0 Å². The van der Waals surface area contributed by atoms with Crippen molar-refractivity contribution in [2.45, 2.75) is 24.4 Å². The molecule has 3 heterocycles. The van der Waals surface area contributed by atoms with Crippen molar-refractivity contribution in [2.75, 3.05) is 24.2 Å². The molecule has 1 aliphatic heterocycles. The number of nitrogens with one attached hydrogen (secondary N) is 1. The van der Waals surface area contributed by atoms with Gasteiger partial charge in [0.2, 0.25) is 0 Å². The number of carbonyl (C=O) groups is 1. The molecule has 0 saturated carbocycles. The number of anilines is 1. The molecule has 5 nitrogen and oxygen atoms in total. The summed E-state index contributed by atoms with van der Waals surface area (Å²) in [5, 5.41) is 3.68. The Hall–Kier alpha value is -2.08. The van der Waals surface area contributed by atoms with Gasteiger partial charge in [0.05, 0.1) is 5.56 Å². The van der Waals surface area contributed by atoms with Gasteiger partial charge in [-0.2, -0.15) is 0 Å². The summed E-state index contributed by atoms with van der Waals surface area (Å²) in [4.78, 5) is 23.3. The van der Waals surface area contributed by atoms with Crippen LogP contribution in [0.3, 0.4) is 0 Å². The van der Waals surface area contributed by atoms with Gasteiger partial charge >= 0.3 is 0 Å². The fourth-order valence-corrected chi connectivity index (χ4v) is 3.21. The van der Waals surface area contributed by atoms with Crippen molar-refractivity contribution in [1.29, 1.82) is 0 Å². The van der Waals surface area contributed by atoms with E-state index in [1.165, 1.54) is 24.6 Å². The Labute approximate surface area is 140 Å². The standard InChI is InChI=1S/C17H20N4OS/c1-23-17-14(5-4-8-18-17)16(22)20-12-13-6-7-15(19-11-13)21-9-2-3-10-21/h4-8,11H,2-3,9-10,12H2,1H3,(H,20,22). The Morgan fingerprint density at radius 1 is 1.26 bits per heavy atom. The maximum atomic E-state index is 12.3. The normalized spacial score (nSPS) is 14.0. The molecule has 120 valence electrons. The summed E-state index contributed by atoms with van der Waals surface area (Å²) in [5.74, 6) is 0.917. The lowest BCUT2D eigenvalue weighted by Gasteiger charge is -2.16. The molecule has 0 atom stereocenters. The van der Waals surface area contributed by atoms with Gasteiger partial charge in [-0.1, -0.05) is 6.07 Å². The molecule has 1 fully saturated rings. The van der Waals surface area contributed by atoms with Crippen LogP contribution in [0, 0.1) is 0 Å². The van der Waals surface area contributed by atoms with Gasteiger partial charge < -0.3 is 10.2 Å². The van der Waals surface area contributed by atoms with Gasteiger partial charge in [-0.15, -0.1) is 11.8 Å². The number of nitrogens with zero attached hydrogens (tertiary/aromatic N) is 3. The van der Waals surface area contributed by atoms with Crippen LogP contribution in [-0.4, -0.2) is 35.2 Å². The van der Waals surface area contributed by atoms with Crippen molar-refractivity contribution in [3.63, 3.8) is 0 Å². The van der Waals surface area contributed by atoms with Crippen LogP contribution in [0.15, 0.2) is 41.7 Å². The lowest BCUT2D eigenvalue weighted by Crippen LogP contribution is -2.24. The van der Waals surface area contributed by atoms with E-state index in [4.69, 9.17) is 0 Å². The van der Waals surface area contributed by atoms with Crippen LogP contribution in [0.5, 0.6) is 0 Å². The second-order valence-corrected chi connectivity index (χ2v) is 6.26. The molecular weight excluding hydrogens is 308 g/mol. The molecule has 0 aliphatic carbocycles. The first-order valence-corrected chi connectivity index (χ1v) is 8.97. The Morgan fingerprint density at radius 2 is 2.09 bits per heavy atom. The van der Waals surface area contributed by atoms with Crippen molar-refractivity contribution in [3.8, 4) is 0 Å². The summed E-state index contributed by atoms with van der Waals surface area (Å²) in [6, 6.07) is 7.63. The summed E-state index contributed by atoms with van der Waals surface area (Å²) < 4.78 is 0. The van der Waals surface area contributed by atoms with E-state index in [-0.39, 0.29) is 5.91 Å². The van der Waals surface area contributed by atoms with E-state index in [9.17, 15) is 4.79 Å². The first-order valence-electron chi connectivity index (χ1n) is 7.75. The maximum Gasteiger partial charge on any atom is 0.254 e. The minimum Gasteiger partial charge on any atom is -0.357 e. The Kier molecular flexibility index (Phi) is 5.12. The molecule has 2 aromatic heterocycles. The highest BCUT2D eigenvalue weighted by Crippen LogP contribution is 2.18. The van der Waals surface area contributed by atoms with Crippen LogP contribution in [-0.2, 0) is 6.54 Å². The molecule has 23 heavy (non-hydrogen) atoms. The van der Waals surface area contributed by atoms with E-state index in [2.05, 4.69) is 20.2 Å². The molecule has 0 spiro atoms. The topological polar surface area (TPSA) is 58.1 Å². The zero-order chi connectivity index (χ0) is 16.1. The minimum absolute atomic E-state index is 0.105. The van der Waals surface area contributed by atoms with Crippen LogP contribution in [0.4, 0.5) is 5.82 Å². The summed E-state index contributed by atoms with van der Waals surface area (Å²) in [6.45, 7) is 2.64. The highest BCUT2D eigenvalue weighted by atomic mass is 32.2. The van der Waals surface area contributed by atoms with Crippen molar-refractivity contribution in [2.24, 2.45) is 0 Å². The van der Waals surface area contributed by atoms with Gasteiger partial charge in [0.25, 0.3) is 5.91 Å². The zero-order valence-electron chi connectivity index (χ0n) is 13.2. The second kappa shape index (κ2) is 7.46. The molecule has 0 aromatic carbocycles. The van der Waals surface area contributed by atoms with Gasteiger partial charge in [-0.3, -0.25) is 4.79 Å². The number of amides is 1. The predicted octanol–water partition coefficient (Wildman–Crippen LogP) is 2.73. The molecule has 2 aromatic rings. The second-order valence-electron chi connectivity index (χ2n) is 5.46. The third-order valence-corrected chi connectivity index (χ3v) is 4.61.